The standard InChI is InChI=1S/C19H19N7OS2/c1-25(2)18-22-16-15(29-18)17-23-24-19(26(17)10-20-16)28-9-14(27)21-13-7-6-11-4-3-5-12(11)8-13/h6-8,10H,3-5,9H2,1-2H3,(H,21,27). The van der Waals surface area contributed by atoms with Gasteiger partial charge in [-0.3, -0.25) is 9.20 Å². The highest BCUT2D eigenvalue weighted by Crippen LogP contribution is 2.30. The zero-order valence-corrected chi connectivity index (χ0v) is 17.7. The molecule has 3 heterocycles. The van der Waals surface area contributed by atoms with Crippen molar-refractivity contribution in [3.8, 4) is 0 Å². The van der Waals surface area contributed by atoms with Crippen molar-refractivity contribution in [1.82, 2.24) is 24.6 Å². The van der Waals surface area contributed by atoms with E-state index in [1.807, 2.05) is 29.5 Å². The van der Waals surface area contributed by atoms with Crippen LogP contribution in [0, 0.1) is 0 Å². The summed E-state index contributed by atoms with van der Waals surface area (Å²) in [6.45, 7) is 0. The van der Waals surface area contributed by atoms with Crippen molar-refractivity contribution in [2.75, 3.05) is 30.1 Å². The molecule has 148 valence electrons. The maximum Gasteiger partial charge on any atom is 0.234 e. The third kappa shape index (κ3) is 3.42. The Morgan fingerprint density at radius 1 is 1.28 bits per heavy atom. The molecule has 1 N–H and O–H groups in total. The first-order valence-electron chi connectivity index (χ1n) is 9.30. The molecule has 0 fully saturated rings. The third-order valence-electron chi connectivity index (χ3n) is 4.86. The van der Waals surface area contributed by atoms with Gasteiger partial charge in [-0.15, -0.1) is 10.2 Å². The van der Waals surface area contributed by atoms with Crippen LogP contribution in [0.15, 0.2) is 29.7 Å². The summed E-state index contributed by atoms with van der Waals surface area (Å²) in [6.07, 6.45) is 5.09. The number of aryl methyl sites for hydroxylation is 2. The van der Waals surface area contributed by atoms with Crippen molar-refractivity contribution >= 4 is 55.8 Å². The van der Waals surface area contributed by atoms with Crippen molar-refractivity contribution in [2.45, 2.75) is 24.4 Å². The molecule has 4 aromatic rings. The van der Waals surface area contributed by atoms with Crippen LogP contribution in [-0.4, -0.2) is 50.3 Å². The van der Waals surface area contributed by atoms with E-state index in [-0.39, 0.29) is 11.7 Å². The highest BCUT2D eigenvalue weighted by atomic mass is 32.2. The molecule has 1 aliphatic rings. The van der Waals surface area contributed by atoms with E-state index in [9.17, 15) is 4.79 Å². The molecule has 0 saturated heterocycles. The number of nitrogens with one attached hydrogen (secondary N) is 1. The number of hydrogen-bond acceptors (Lipinski definition) is 8. The van der Waals surface area contributed by atoms with Gasteiger partial charge < -0.3 is 10.2 Å². The number of anilines is 2. The number of aromatic nitrogens is 5. The minimum Gasteiger partial charge on any atom is -0.354 e. The summed E-state index contributed by atoms with van der Waals surface area (Å²) in [5, 5.41) is 13.0. The van der Waals surface area contributed by atoms with Gasteiger partial charge in [0.05, 0.1) is 5.75 Å². The van der Waals surface area contributed by atoms with Crippen molar-refractivity contribution < 1.29 is 4.79 Å². The Balaban J connectivity index is 1.31. The normalized spacial score (nSPS) is 13.2. The summed E-state index contributed by atoms with van der Waals surface area (Å²) in [5.41, 5.74) is 4.96. The molecule has 3 aromatic heterocycles. The molecule has 0 radical (unpaired) electrons. The Morgan fingerprint density at radius 2 is 2.14 bits per heavy atom. The molecular weight excluding hydrogens is 406 g/mol. The van der Waals surface area contributed by atoms with E-state index in [0.29, 0.717) is 16.5 Å². The molecule has 1 aliphatic carbocycles. The smallest absolute Gasteiger partial charge is 0.234 e. The first kappa shape index (κ1) is 18.3. The maximum atomic E-state index is 12.4. The van der Waals surface area contributed by atoms with Crippen LogP contribution in [0.2, 0.25) is 0 Å². The van der Waals surface area contributed by atoms with Crippen LogP contribution in [0.5, 0.6) is 0 Å². The van der Waals surface area contributed by atoms with Crippen LogP contribution in [0.3, 0.4) is 0 Å². The fraction of sp³-hybridized carbons (Fsp3) is 0.316. The Kier molecular flexibility index (Phi) is 4.59. The SMILES string of the molecule is CN(C)c1nc2ncn3c(SCC(=O)Nc4ccc5c(c4)CCC5)nnc3c2s1. The molecule has 0 unspecified atom stereocenters. The van der Waals surface area contributed by atoms with Gasteiger partial charge >= 0.3 is 0 Å². The number of thioether (sulfide) groups is 1. The summed E-state index contributed by atoms with van der Waals surface area (Å²) in [7, 11) is 3.89. The average Bonchev–Trinajstić information content (AvgIpc) is 3.42. The van der Waals surface area contributed by atoms with E-state index in [1.54, 1.807) is 6.33 Å². The zero-order valence-electron chi connectivity index (χ0n) is 16.0. The fourth-order valence-electron chi connectivity index (χ4n) is 3.45. The minimum absolute atomic E-state index is 0.0635. The van der Waals surface area contributed by atoms with Gasteiger partial charge in [0.15, 0.2) is 21.6 Å². The first-order chi connectivity index (χ1) is 14.1. The maximum absolute atomic E-state index is 12.4. The van der Waals surface area contributed by atoms with Gasteiger partial charge in [-0.1, -0.05) is 29.2 Å². The number of carbonyl (C=O) groups is 1. The van der Waals surface area contributed by atoms with Gasteiger partial charge in [0, 0.05) is 19.8 Å². The first-order valence-corrected chi connectivity index (χ1v) is 11.1. The van der Waals surface area contributed by atoms with Gasteiger partial charge in [-0.25, -0.2) is 4.98 Å². The van der Waals surface area contributed by atoms with Crippen molar-refractivity contribution in [2.24, 2.45) is 0 Å². The topological polar surface area (TPSA) is 88.3 Å². The molecule has 0 aliphatic heterocycles. The summed E-state index contributed by atoms with van der Waals surface area (Å²) in [6, 6.07) is 6.18. The van der Waals surface area contributed by atoms with Crippen LogP contribution >= 0.6 is 23.1 Å². The molecule has 0 atom stereocenters. The molecule has 10 heteroatoms. The van der Waals surface area contributed by atoms with E-state index in [0.717, 1.165) is 28.4 Å². The van der Waals surface area contributed by atoms with Crippen molar-refractivity contribution in [3.63, 3.8) is 0 Å². The Hall–Kier alpha value is -2.72. The molecule has 0 bridgehead atoms. The van der Waals surface area contributed by atoms with Crippen molar-refractivity contribution in [3.05, 3.63) is 35.7 Å². The number of thiazole rings is 1. The summed E-state index contributed by atoms with van der Waals surface area (Å²) in [4.78, 5) is 23.3. The van der Waals surface area contributed by atoms with Gasteiger partial charge in [-0.05, 0) is 42.5 Å². The lowest BCUT2D eigenvalue weighted by Gasteiger charge is -2.07. The lowest BCUT2D eigenvalue weighted by atomic mass is 10.1. The molecular formula is C19H19N7OS2. The van der Waals surface area contributed by atoms with Crippen molar-refractivity contribution in [1.29, 1.82) is 0 Å². The largest absolute Gasteiger partial charge is 0.354 e. The summed E-state index contributed by atoms with van der Waals surface area (Å²) >= 11 is 2.87. The number of rotatable bonds is 5. The number of carbonyl (C=O) groups excluding carboxylic acids is 1. The van der Waals surface area contributed by atoms with Crippen LogP contribution in [0.25, 0.3) is 16.0 Å². The number of amides is 1. The molecule has 8 nitrogen and oxygen atoms in total. The number of nitrogens with zero attached hydrogens (tertiary/aromatic N) is 6. The second-order valence-electron chi connectivity index (χ2n) is 7.14. The number of benzene rings is 1. The fourth-order valence-corrected chi connectivity index (χ4v) is 5.07. The van der Waals surface area contributed by atoms with E-state index in [1.165, 1.54) is 40.6 Å². The summed E-state index contributed by atoms with van der Waals surface area (Å²) in [5.74, 6) is 0.188. The Morgan fingerprint density at radius 3 is 3.00 bits per heavy atom. The Bertz CT molecular complexity index is 1230. The van der Waals surface area contributed by atoms with Crippen LogP contribution < -0.4 is 10.2 Å². The predicted octanol–water partition coefficient (Wildman–Crippen LogP) is 3.02. The minimum atomic E-state index is -0.0635. The predicted molar refractivity (Wildman–Crippen MR) is 116 cm³/mol. The monoisotopic (exact) mass is 425 g/mol. The second-order valence-corrected chi connectivity index (χ2v) is 9.06. The number of hydrogen-bond donors (Lipinski definition) is 1. The molecule has 0 spiro atoms. The molecule has 1 amide bonds. The quantitative estimate of drug-likeness (QED) is 0.492. The zero-order chi connectivity index (χ0) is 20.0. The van der Waals surface area contributed by atoms with Crippen LogP contribution in [0.4, 0.5) is 10.8 Å². The number of fused-ring (bicyclic) bond motifs is 4. The molecule has 1 aromatic carbocycles. The second kappa shape index (κ2) is 7.27. The van der Waals surface area contributed by atoms with E-state index in [4.69, 9.17) is 0 Å². The highest BCUT2D eigenvalue weighted by molar-refractivity contribution is 7.99. The van der Waals surface area contributed by atoms with E-state index < -0.39 is 0 Å². The molecule has 0 saturated carbocycles. The van der Waals surface area contributed by atoms with E-state index in [2.05, 4.69) is 37.6 Å². The lowest BCUT2D eigenvalue weighted by molar-refractivity contribution is -0.113. The summed E-state index contributed by atoms with van der Waals surface area (Å²) < 4.78 is 2.70. The lowest BCUT2D eigenvalue weighted by Crippen LogP contribution is -2.14. The van der Waals surface area contributed by atoms with Gasteiger partial charge in [0.1, 0.15) is 11.0 Å². The Labute approximate surface area is 175 Å². The van der Waals surface area contributed by atoms with Gasteiger partial charge in [0.2, 0.25) is 5.91 Å². The van der Waals surface area contributed by atoms with E-state index >= 15 is 0 Å². The molecule has 5 rings (SSSR count). The van der Waals surface area contributed by atoms with Gasteiger partial charge in [-0.2, -0.15) is 4.98 Å². The highest BCUT2D eigenvalue weighted by Gasteiger charge is 2.16. The van der Waals surface area contributed by atoms with Crippen LogP contribution in [-0.2, 0) is 17.6 Å². The molecule has 29 heavy (non-hydrogen) atoms. The third-order valence-corrected chi connectivity index (χ3v) is 7.01. The van der Waals surface area contributed by atoms with Crippen LogP contribution in [0.1, 0.15) is 17.5 Å². The van der Waals surface area contributed by atoms with Gasteiger partial charge in [0.25, 0.3) is 0 Å². The average molecular weight is 426 g/mol.